The topological polar surface area (TPSA) is 68.5 Å². The number of nitrogens with one attached hydrogen (secondary N) is 1. The van der Waals surface area contributed by atoms with Gasteiger partial charge in [0, 0.05) is 22.2 Å². The summed E-state index contributed by atoms with van der Waals surface area (Å²) in [6.45, 7) is 0. The summed E-state index contributed by atoms with van der Waals surface area (Å²) in [5.41, 5.74) is 3.73. The van der Waals surface area contributed by atoms with Crippen molar-refractivity contribution in [1.82, 2.24) is 0 Å². The lowest BCUT2D eigenvalue weighted by atomic mass is 10.0. The van der Waals surface area contributed by atoms with Gasteiger partial charge in [-0.1, -0.05) is 36.4 Å². The van der Waals surface area contributed by atoms with Crippen LogP contribution >= 0.6 is 0 Å². The summed E-state index contributed by atoms with van der Waals surface area (Å²) in [5.74, 6) is 0.183. The van der Waals surface area contributed by atoms with Gasteiger partial charge in [0.1, 0.15) is 17.4 Å². The molecular formula is C24H17NO4. The first kappa shape index (κ1) is 17.3. The molecule has 5 rings (SSSR count). The zero-order chi connectivity index (χ0) is 19.8. The minimum atomic E-state index is -0.548. The highest BCUT2D eigenvalue weighted by Gasteiger charge is 2.32. The number of ether oxygens (including phenoxy) is 1. The fourth-order valence-electron chi connectivity index (χ4n) is 3.59. The maximum atomic E-state index is 12.4. The number of hydrogen-bond acceptors (Lipinski definition) is 4. The summed E-state index contributed by atoms with van der Waals surface area (Å²) in [7, 11) is 0. The normalized spacial score (nSPS) is 15.2. The molecular weight excluding hydrogens is 366 g/mol. The number of cyclic esters (lactones) is 1. The molecule has 5 heteroatoms. The van der Waals surface area contributed by atoms with E-state index < -0.39 is 6.10 Å². The minimum Gasteiger partial charge on any atom is -0.456 e. The molecule has 0 spiro atoms. The summed E-state index contributed by atoms with van der Waals surface area (Å²) in [5, 5.41) is 3.91. The quantitative estimate of drug-likeness (QED) is 0.483. The van der Waals surface area contributed by atoms with Crippen LogP contribution in [0.4, 0.5) is 5.69 Å². The lowest BCUT2D eigenvalue weighted by Crippen LogP contribution is -2.15. The monoisotopic (exact) mass is 383 g/mol. The van der Waals surface area contributed by atoms with E-state index in [9.17, 15) is 9.59 Å². The molecule has 0 saturated heterocycles. The first-order valence-corrected chi connectivity index (χ1v) is 9.36. The van der Waals surface area contributed by atoms with Gasteiger partial charge in [0.25, 0.3) is 0 Å². The summed E-state index contributed by atoms with van der Waals surface area (Å²) in [6.07, 6.45) is -0.470. The third-order valence-electron chi connectivity index (χ3n) is 5.03. The van der Waals surface area contributed by atoms with Crippen molar-refractivity contribution in [3.8, 4) is 11.3 Å². The van der Waals surface area contributed by atoms with Crippen molar-refractivity contribution in [2.45, 2.75) is 12.5 Å². The Balaban J connectivity index is 1.28. The molecule has 1 aliphatic heterocycles. The number of para-hydroxylation sites is 1. The summed E-state index contributed by atoms with van der Waals surface area (Å²) in [6, 6.07) is 24.5. The van der Waals surface area contributed by atoms with E-state index in [1.165, 1.54) is 0 Å². The minimum absolute atomic E-state index is 0.0775. The smallest absolute Gasteiger partial charge is 0.339 e. The molecule has 1 N–H and O–H groups in total. The number of anilines is 1. The van der Waals surface area contributed by atoms with Crippen LogP contribution in [0.2, 0.25) is 0 Å². The molecule has 1 aromatic heterocycles. The van der Waals surface area contributed by atoms with Crippen molar-refractivity contribution in [3.05, 3.63) is 90.0 Å². The zero-order valence-corrected chi connectivity index (χ0v) is 15.4. The molecule has 0 radical (unpaired) electrons. The van der Waals surface area contributed by atoms with Crippen molar-refractivity contribution < 1.29 is 18.7 Å². The molecule has 2 heterocycles. The molecule has 4 aromatic rings. The second kappa shape index (κ2) is 6.95. The molecule has 142 valence electrons. The van der Waals surface area contributed by atoms with E-state index in [4.69, 9.17) is 9.15 Å². The van der Waals surface area contributed by atoms with Gasteiger partial charge < -0.3 is 14.5 Å². The number of hydrogen-bond donors (Lipinski definition) is 1. The van der Waals surface area contributed by atoms with Crippen molar-refractivity contribution in [2.75, 3.05) is 5.32 Å². The van der Waals surface area contributed by atoms with Gasteiger partial charge in [0.05, 0.1) is 12.0 Å². The number of carbonyl (C=O) groups is 2. The van der Waals surface area contributed by atoms with E-state index in [1.807, 2.05) is 66.7 Å². The van der Waals surface area contributed by atoms with Crippen molar-refractivity contribution >= 4 is 28.5 Å². The van der Waals surface area contributed by atoms with E-state index >= 15 is 0 Å². The Bertz CT molecular complexity index is 1190. The molecule has 1 amide bonds. The van der Waals surface area contributed by atoms with E-state index in [0.717, 1.165) is 27.9 Å². The van der Waals surface area contributed by atoms with E-state index in [-0.39, 0.29) is 18.3 Å². The van der Waals surface area contributed by atoms with Crippen LogP contribution in [0, 0.1) is 0 Å². The lowest BCUT2D eigenvalue weighted by Gasteiger charge is -2.11. The largest absolute Gasteiger partial charge is 0.456 e. The number of carbonyl (C=O) groups excluding carboxylic acids is 2. The number of furan rings is 1. The maximum Gasteiger partial charge on any atom is 0.339 e. The van der Waals surface area contributed by atoms with Crippen LogP contribution in [-0.2, 0) is 9.53 Å². The average molecular weight is 383 g/mol. The summed E-state index contributed by atoms with van der Waals surface area (Å²) >= 11 is 0. The second-order valence-corrected chi connectivity index (χ2v) is 6.96. The van der Waals surface area contributed by atoms with Gasteiger partial charge in [-0.15, -0.1) is 0 Å². The Labute approximate surface area is 166 Å². The lowest BCUT2D eigenvalue weighted by molar-refractivity contribution is -0.118. The Morgan fingerprint density at radius 1 is 0.931 bits per heavy atom. The fraction of sp³-hybridized carbons (Fsp3) is 0.0833. The van der Waals surface area contributed by atoms with Crippen LogP contribution in [0.25, 0.3) is 22.3 Å². The average Bonchev–Trinajstić information content (AvgIpc) is 3.30. The highest BCUT2D eigenvalue weighted by atomic mass is 16.5. The number of rotatable bonds is 4. The van der Waals surface area contributed by atoms with Crippen LogP contribution in [0.5, 0.6) is 0 Å². The molecule has 1 atom stereocenters. The fourth-order valence-corrected chi connectivity index (χ4v) is 3.59. The summed E-state index contributed by atoms with van der Waals surface area (Å²) < 4.78 is 11.2. The van der Waals surface area contributed by atoms with Crippen molar-refractivity contribution in [3.63, 3.8) is 0 Å². The number of fused-ring (bicyclic) bond motifs is 2. The van der Waals surface area contributed by atoms with Crippen molar-refractivity contribution in [2.24, 2.45) is 0 Å². The Morgan fingerprint density at radius 2 is 1.69 bits per heavy atom. The van der Waals surface area contributed by atoms with Gasteiger partial charge in [0.15, 0.2) is 0 Å². The standard InChI is InChI=1S/C24H17NO4/c26-23(14-22-18-6-2-3-7-19(18)24(27)29-22)25-17-11-9-15(10-12-17)21-13-16-5-1-4-8-20(16)28-21/h1-13,22H,14H2,(H,25,26). The summed E-state index contributed by atoms with van der Waals surface area (Å²) in [4.78, 5) is 24.3. The van der Waals surface area contributed by atoms with Gasteiger partial charge in [0.2, 0.25) is 5.91 Å². The molecule has 29 heavy (non-hydrogen) atoms. The van der Waals surface area contributed by atoms with Gasteiger partial charge >= 0.3 is 5.97 Å². The Morgan fingerprint density at radius 3 is 2.52 bits per heavy atom. The van der Waals surface area contributed by atoms with E-state index in [1.54, 1.807) is 12.1 Å². The molecule has 1 unspecified atom stereocenters. The molecule has 0 aliphatic carbocycles. The van der Waals surface area contributed by atoms with Crippen LogP contribution < -0.4 is 5.32 Å². The first-order chi connectivity index (χ1) is 14.2. The Hall–Kier alpha value is -3.86. The van der Waals surface area contributed by atoms with Crippen LogP contribution in [-0.4, -0.2) is 11.9 Å². The predicted octanol–water partition coefficient (Wildman–Crippen LogP) is 5.34. The van der Waals surface area contributed by atoms with Gasteiger partial charge in [-0.25, -0.2) is 4.79 Å². The third kappa shape index (κ3) is 3.27. The first-order valence-electron chi connectivity index (χ1n) is 9.36. The maximum absolute atomic E-state index is 12.4. The number of amides is 1. The van der Waals surface area contributed by atoms with Gasteiger partial charge in [-0.3, -0.25) is 4.79 Å². The van der Waals surface area contributed by atoms with Crippen LogP contribution in [0.15, 0.2) is 83.3 Å². The zero-order valence-electron chi connectivity index (χ0n) is 15.4. The predicted molar refractivity (Wildman–Crippen MR) is 109 cm³/mol. The Kier molecular flexibility index (Phi) is 4.13. The molecule has 3 aromatic carbocycles. The number of esters is 1. The third-order valence-corrected chi connectivity index (χ3v) is 5.03. The van der Waals surface area contributed by atoms with E-state index in [0.29, 0.717) is 11.3 Å². The van der Waals surface area contributed by atoms with E-state index in [2.05, 4.69) is 5.32 Å². The molecule has 1 aliphatic rings. The number of benzene rings is 3. The molecule has 0 saturated carbocycles. The molecule has 0 fully saturated rings. The van der Waals surface area contributed by atoms with Gasteiger partial charge in [-0.05, 0) is 42.5 Å². The van der Waals surface area contributed by atoms with Crippen LogP contribution in [0.3, 0.4) is 0 Å². The van der Waals surface area contributed by atoms with Gasteiger partial charge in [-0.2, -0.15) is 0 Å². The highest BCUT2D eigenvalue weighted by molar-refractivity contribution is 5.96. The van der Waals surface area contributed by atoms with Crippen molar-refractivity contribution in [1.29, 1.82) is 0 Å². The van der Waals surface area contributed by atoms with Crippen LogP contribution in [0.1, 0.15) is 28.4 Å². The molecule has 5 nitrogen and oxygen atoms in total. The second-order valence-electron chi connectivity index (χ2n) is 6.96. The SMILES string of the molecule is O=C(CC1OC(=O)c2ccccc21)Nc1ccc(-c2cc3ccccc3o2)cc1. The molecule has 0 bridgehead atoms. The highest BCUT2D eigenvalue weighted by Crippen LogP contribution is 2.33.